The number of likely N-dealkylation sites (tertiary alicyclic amines) is 1. The van der Waals surface area contributed by atoms with E-state index in [0.717, 1.165) is 55.7 Å². The Morgan fingerprint density at radius 2 is 1.89 bits per heavy atom. The molecule has 0 radical (unpaired) electrons. The molecule has 36 heavy (non-hydrogen) atoms. The molecule has 2 heterocycles. The van der Waals surface area contributed by atoms with Gasteiger partial charge in [0.25, 0.3) is 0 Å². The van der Waals surface area contributed by atoms with Crippen molar-refractivity contribution < 1.29 is 13.7 Å². The fraction of sp³-hybridized carbons (Fsp3) is 0.467. The molecular weight excluding hydrogens is 453 g/mol. The van der Waals surface area contributed by atoms with Crippen molar-refractivity contribution in [2.75, 3.05) is 26.2 Å². The van der Waals surface area contributed by atoms with Gasteiger partial charge in [-0.25, -0.2) is 4.39 Å². The predicted molar refractivity (Wildman–Crippen MR) is 141 cm³/mol. The predicted octanol–water partition coefficient (Wildman–Crippen LogP) is 6.09. The molecule has 5 nitrogen and oxygen atoms in total. The van der Waals surface area contributed by atoms with Crippen LogP contribution in [0.4, 0.5) is 4.39 Å². The van der Waals surface area contributed by atoms with E-state index < -0.39 is 0 Å². The average molecular weight is 490 g/mol. The molecule has 6 heteroatoms. The molecule has 1 saturated heterocycles. The van der Waals surface area contributed by atoms with Gasteiger partial charge in [-0.15, -0.1) is 0 Å². The number of amides is 1. The zero-order valence-electron chi connectivity index (χ0n) is 21.1. The maximum Gasteiger partial charge on any atom is 0.244 e. The fourth-order valence-corrected chi connectivity index (χ4v) is 5.97. The lowest BCUT2D eigenvalue weighted by molar-refractivity contribution is -0.116. The Balaban J connectivity index is 1.12. The van der Waals surface area contributed by atoms with Crippen molar-refractivity contribution in [1.29, 1.82) is 0 Å². The summed E-state index contributed by atoms with van der Waals surface area (Å²) in [6.45, 7) is 5.97. The van der Waals surface area contributed by atoms with Crippen LogP contribution >= 0.6 is 0 Å². The van der Waals surface area contributed by atoms with Crippen molar-refractivity contribution in [1.82, 2.24) is 15.4 Å². The summed E-state index contributed by atoms with van der Waals surface area (Å²) in [7, 11) is 0. The van der Waals surface area contributed by atoms with Gasteiger partial charge in [0.05, 0.1) is 5.69 Å². The summed E-state index contributed by atoms with van der Waals surface area (Å²) in [5, 5.41) is 8.39. The first-order valence-corrected chi connectivity index (χ1v) is 13.4. The van der Waals surface area contributed by atoms with Crippen molar-refractivity contribution in [2.45, 2.75) is 51.4 Å². The first-order valence-electron chi connectivity index (χ1n) is 13.4. The summed E-state index contributed by atoms with van der Waals surface area (Å²) in [4.78, 5) is 15.1. The van der Waals surface area contributed by atoms with Crippen molar-refractivity contribution in [2.24, 2.45) is 11.8 Å². The second-order valence-corrected chi connectivity index (χ2v) is 10.5. The molecule has 1 amide bonds. The van der Waals surface area contributed by atoms with E-state index in [1.807, 2.05) is 24.3 Å². The molecule has 2 aromatic carbocycles. The average Bonchev–Trinajstić information content (AvgIpc) is 3.31. The largest absolute Gasteiger partial charge is 0.356 e. The number of carbonyl (C=O) groups excluding carboxylic acids is 1. The van der Waals surface area contributed by atoms with Gasteiger partial charge in [-0.3, -0.25) is 4.79 Å². The van der Waals surface area contributed by atoms with Gasteiger partial charge >= 0.3 is 0 Å². The second-order valence-electron chi connectivity index (χ2n) is 10.5. The van der Waals surface area contributed by atoms with Crippen LogP contribution in [0.15, 0.2) is 53.1 Å². The molecule has 1 aliphatic carbocycles. The van der Waals surface area contributed by atoms with Crippen LogP contribution in [-0.4, -0.2) is 42.1 Å². The van der Waals surface area contributed by atoms with E-state index in [1.54, 1.807) is 12.1 Å². The van der Waals surface area contributed by atoms with Gasteiger partial charge in [-0.1, -0.05) is 42.3 Å². The van der Waals surface area contributed by atoms with E-state index in [4.69, 9.17) is 4.52 Å². The van der Waals surface area contributed by atoms with Crippen LogP contribution in [-0.2, 0) is 4.79 Å². The maximum absolute atomic E-state index is 13.5. The third kappa shape index (κ3) is 5.86. The third-order valence-electron chi connectivity index (χ3n) is 8.14. The highest BCUT2D eigenvalue weighted by molar-refractivity contribution is 5.91. The van der Waals surface area contributed by atoms with Crippen LogP contribution in [0, 0.1) is 24.6 Å². The van der Waals surface area contributed by atoms with Crippen molar-refractivity contribution >= 4 is 23.0 Å². The lowest BCUT2D eigenvalue weighted by Crippen LogP contribution is -2.42. The highest BCUT2D eigenvalue weighted by Gasteiger charge is 2.30. The summed E-state index contributed by atoms with van der Waals surface area (Å²) in [6, 6.07) is 12.8. The van der Waals surface area contributed by atoms with Crippen LogP contribution in [0.1, 0.15) is 61.3 Å². The maximum atomic E-state index is 13.5. The fourth-order valence-electron chi connectivity index (χ4n) is 5.97. The molecule has 0 unspecified atom stereocenters. The molecule has 3 aromatic rings. The van der Waals surface area contributed by atoms with E-state index in [0.29, 0.717) is 23.3 Å². The van der Waals surface area contributed by atoms with Crippen molar-refractivity contribution in [3.05, 3.63) is 71.2 Å². The van der Waals surface area contributed by atoms with E-state index in [9.17, 15) is 9.18 Å². The molecule has 0 bridgehead atoms. The molecule has 190 valence electrons. The van der Waals surface area contributed by atoms with Gasteiger partial charge in [-0.05, 0) is 86.9 Å². The number of hydrogen-bond donors (Lipinski definition) is 1. The highest BCUT2D eigenvalue weighted by Crippen LogP contribution is 2.35. The van der Waals surface area contributed by atoms with Gasteiger partial charge in [0.1, 0.15) is 5.82 Å². The number of nitrogens with one attached hydrogen (secondary N) is 1. The monoisotopic (exact) mass is 489 g/mol. The van der Waals surface area contributed by atoms with Crippen LogP contribution in [0.5, 0.6) is 0 Å². The highest BCUT2D eigenvalue weighted by atomic mass is 19.1. The SMILES string of the molecule is Cc1ccccc1C=CC(=O)NC[C@@H]1CCCC[C@H]1CN1CCC(c2noc3cc(F)ccc23)CC1. The Hall–Kier alpha value is -2.99. The van der Waals surface area contributed by atoms with Crippen LogP contribution < -0.4 is 5.32 Å². The number of aryl methyl sites for hydroxylation is 1. The number of carbonyl (C=O) groups is 1. The molecular formula is C30H36FN3O2. The molecule has 1 aliphatic heterocycles. The summed E-state index contributed by atoms with van der Waals surface area (Å²) < 4.78 is 18.9. The molecule has 1 N–H and O–H groups in total. The first-order chi connectivity index (χ1) is 17.6. The number of fused-ring (bicyclic) bond motifs is 1. The summed E-state index contributed by atoms with van der Waals surface area (Å²) in [5.74, 6) is 1.20. The molecule has 1 aromatic heterocycles. The molecule has 2 aliphatic rings. The number of hydrogen-bond acceptors (Lipinski definition) is 4. The molecule has 0 spiro atoms. The van der Waals surface area contributed by atoms with E-state index in [2.05, 4.69) is 28.4 Å². The van der Waals surface area contributed by atoms with Gasteiger partial charge < -0.3 is 14.7 Å². The van der Waals surface area contributed by atoms with Crippen molar-refractivity contribution in [3.8, 4) is 0 Å². The van der Waals surface area contributed by atoms with Crippen LogP contribution in [0.2, 0.25) is 0 Å². The quantitative estimate of drug-likeness (QED) is 0.408. The van der Waals surface area contributed by atoms with Gasteiger partial charge in [-0.2, -0.15) is 0 Å². The Labute approximate surface area is 212 Å². The van der Waals surface area contributed by atoms with Crippen LogP contribution in [0.25, 0.3) is 17.0 Å². The van der Waals surface area contributed by atoms with E-state index in [-0.39, 0.29) is 11.7 Å². The third-order valence-corrected chi connectivity index (χ3v) is 8.14. The van der Waals surface area contributed by atoms with Gasteiger partial charge in [0.15, 0.2) is 5.58 Å². The van der Waals surface area contributed by atoms with Gasteiger partial charge in [0, 0.05) is 36.5 Å². The van der Waals surface area contributed by atoms with E-state index in [1.165, 1.54) is 43.4 Å². The lowest BCUT2D eigenvalue weighted by atomic mass is 9.78. The Kier molecular flexibility index (Phi) is 7.81. The van der Waals surface area contributed by atoms with Crippen LogP contribution in [0.3, 0.4) is 0 Å². The van der Waals surface area contributed by atoms with E-state index >= 15 is 0 Å². The minimum atomic E-state index is -0.291. The Morgan fingerprint density at radius 1 is 1.11 bits per heavy atom. The standard InChI is InChI=1S/C30H36FN3O2/c1-21-6-2-3-7-22(21)10-13-29(35)32-19-24-8-4-5-9-25(24)20-34-16-14-23(15-17-34)30-27-12-11-26(31)18-28(27)36-33-30/h2-3,6-7,10-13,18,23-25H,4-5,8-9,14-17,19-20H2,1H3,(H,32,35)/t24-,25-/m0/s1. The summed E-state index contributed by atoms with van der Waals surface area (Å²) in [5.41, 5.74) is 3.76. The molecule has 5 rings (SSSR count). The topological polar surface area (TPSA) is 58.4 Å². The van der Waals surface area contributed by atoms with Crippen molar-refractivity contribution in [3.63, 3.8) is 0 Å². The first kappa shape index (κ1) is 24.7. The number of benzene rings is 2. The molecule has 2 fully saturated rings. The Morgan fingerprint density at radius 3 is 2.69 bits per heavy atom. The number of rotatable bonds is 7. The normalized spacial score (nSPS) is 21.8. The number of nitrogens with zero attached hydrogens (tertiary/aromatic N) is 2. The summed E-state index contributed by atoms with van der Waals surface area (Å²) >= 11 is 0. The number of aromatic nitrogens is 1. The van der Waals surface area contributed by atoms with Gasteiger partial charge in [0.2, 0.25) is 5.91 Å². The minimum Gasteiger partial charge on any atom is -0.356 e. The number of halogens is 1. The smallest absolute Gasteiger partial charge is 0.244 e. The molecule has 1 saturated carbocycles. The zero-order valence-corrected chi connectivity index (χ0v) is 21.1. The second kappa shape index (κ2) is 11.4. The minimum absolute atomic E-state index is 0.0110. The Bertz CT molecular complexity index is 1210. The summed E-state index contributed by atoms with van der Waals surface area (Å²) in [6.07, 6.45) is 10.6. The zero-order chi connectivity index (χ0) is 24.9. The lowest BCUT2D eigenvalue weighted by Gasteiger charge is -2.38. The number of piperidine rings is 1. The molecule has 2 atom stereocenters.